The van der Waals surface area contributed by atoms with Crippen LogP contribution in [0.3, 0.4) is 0 Å². The fraction of sp³-hybridized carbons (Fsp3) is 0.467. The van der Waals surface area contributed by atoms with Crippen LogP contribution in [0.4, 0.5) is 5.69 Å². The summed E-state index contributed by atoms with van der Waals surface area (Å²) < 4.78 is 4.87. The molecule has 2 amide bonds. The lowest BCUT2D eigenvalue weighted by molar-refractivity contribution is -0.124. The van der Waals surface area contributed by atoms with Gasteiger partial charge in [0.15, 0.2) is 0 Å². The Hall–Kier alpha value is -1.63. The molecule has 0 aliphatic carbocycles. The number of rotatable bonds is 5. The third kappa shape index (κ3) is 3.76. The number of hydrogen-bond donors (Lipinski definition) is 2. The van der Waals surface area contributed by atoms with Crippen molar-refractivity contribution in [2.75, 3.05) is 25.7 Å². The van der Waals surface area contributed by atoms with Gasteiger partial charge in [-0.1, -0.05) is 12.1 Å². The Morgan fingerprint density at radius 1 is 1.50 bits per heavy atom. The van der Waals surface area contributed by atoms with E-state index in [-0.39, 0.29) is 36.9 Å². The summed E-state index contributed by atoms with van der Waals surface area (Å²) in [7, 11) is 3.27. The minimum Gasteiger partial charge on any atom is -0.383 e. The van der Waals surface area contributed by atoms with Gasteiger partial charge >= 0.3 is 0 Å². The van der Waals surface area contributed by atoms with Crippen molar-refractivity contribution in [3.05, 3.63) is 29.3 Å². The van der Waals surface area contributed by atoms with Crippen LogP contribution in [0.1, 0.15) is 24.1 Å². The van der Waals surface area contributed by atoms with Gasteiger partial charge in [-0.05, 0) is 24.1 Å². The number of anilines is 1. The first-order valence-corrected chi connectivity index (χ1v) is 6.88. The van der Waals surface area contributed by atoms with Gasteiger partial charge in [0.05, 0.1) is 19.1 Å². The summed E-state index contributed by atoms with van der Waals surface area (Å²) in [4.78, 5) is 25.2. The number of hydrogen-bond acceptors (Lipinski definition) is 4. The van der Waals surface area contributed by atoms with E-state index in [1.807, 2.05) is 25.1 Å². The molecule has 2 rings (SSSR count). The summed E-state index contributed by atoms with van der Waals surface area (Å²) in [6.07, 6.45) is 0.406. The summed E-state index contributed by atoms with van der Waals surface area (Å²) in [5.74, 6) is -0.168. The second kappa shape index (κ2) is 7.58. The number of fused-ring (bicyclic) bond motifs is 1. The summed E-state index contributed by atoms with van der Waals surface area (Å²) in [6.45, 7) is 2.07. The number of amides is 2. The van der Waals surface area contributed by atoms with E-state index in [1.54, 1.807) is 11.9 Å². The normalized spacial score (nSPS) is 15.8. The molecular weight excluding hydrogens is 306 g/mol. The number of likely N-dealkylation sites (N-methyl/N-ethyl adjacent to an activating group) is 1. The molecule has 0 radical (unpaired) electrons. The van der Waals surface area contributed by atoms with Gasteiger partial charge in [-0.2, -0.15) is 0 Å². The molecule has 2 unspecified atom stereocenters. The van der Waals surface area contributed by atoms with E-state index >= 15 is 0 Å². The first-order valence-electron chi connectivity index (χ1n) is 6.88. The largest absolute Gasteiger partial charge is 0.383 e. The molecule has 0 aromatic heterocycles. The number of halogens is 1. The lowest BCUT2D eigenvalue weighted by Gasteiger charge is -2.18. The summed E-state index contributed by atoms with van der Waals surface area (Å²) >= 11 is 0. The van der Waals surface area contributed by atoms with Crippen LogP contribution in [0, 0.1) is 0 Å². The molecule has 122 valence electrons. The highest BCUT2D eigenvalue weighted by molar-refractivity contribution is 6.00. The van der Waals surface area contributed by atoms with Crippen molar-refractivity contribution in [1.82, 2.24) is 5.32 Å². The summed E-state index contributed by atoms with van der Waals surface area (Å²) in [5, 5.41) is 2.85. The summed E-state index contributed by atoms with van der Waals surface area (Å²) in [6, 6.07) is 4.93. The standard InChI is InChI=1S/C15H21N3O3.ClH/c1-9(17-15(20)12(16)8-21-3)10-4-5-13-11(6-10)7-14(19)18(13)2;/h4-6,9,12H,7-8,16H2,1-3H3,(H,17,20);1H. The molecular formula is C15H22ClN3O3. The molecule has 3 N–H and O–H groups in total. The quantitative estimate of drug-likeness (QED) is 0.837. The van der Waals surface area contributed by atoms with E-state index in [2.05, 4.69) is 5.32 Å². The predicted molar refractivity (Wildman–Crippen MR) is 87.2 cm³/mol. The van der Waals surface area contributed by atoms with E-state index in [0.29, 0.717) is 6.42 Å². The van der Waals surface area contributed by atoms with E-state index in [4.69, 9.17) is 10.5 Å². The van der Waals surface area contributed by atoms with Crippen LogP contribution in [0.5, 0.6) is 0 Å². The number of methoxy groups -OCH3 is 1. The maximum atomic E-state index is 11.9. The highest BCUT2D eigenvalue weighted by Crippen LogP contribution is 2.30. The molecule has 1 aliphatic heterocycles. The lowest BCUT2D eigenvalue weighted by atomic mass is 10.0. The zero-order valence-corrected chi connectivity index (χ0v) is 13.8. The molecule has 22 heavy (non-hydrogen) atoms. The van der Waals surface area contributed by atoms with Crippen molar-refractivity contribution in [1.29, 1.82) is 0 Å². The smallest absolute Gasteiger partial charge is 0.239 e. The second-order valence-electron chi connectivity index (χ2n) is 5.31. The third-order valence-corrected chi connectivity index (χ3v) is 3.72. The maximum Gasteiger partial charge on any atom is 0.239 e. The molecule has 0 saturated carbocycles. The van der Waals surface area contributed by atoms with Gasteiger partial charge in [0.2, 0.25) is 11.8 Å². The second-order valence-corrected chi connectivity index (χ2v) is 5.31. The zero-order valence-electron chi connectivity index (χ0n) is 13.0. The molecule has 1 heterocycles. The van der Waals surface area contributed by atoms with Crippen LogP contribution >= 0.6 is 12.4 Å². The molecule has 0 spiro atoms. The number of nitrogens with one attached hydrogen (secondary N) is 1. The molecule has 0 saturated heterocycles. The highest BCUT2D eigenvalue weighted by atomic mass is 35.5. The van der Waals surface area contributed by atoms with Crippen LogP contribution < -0.4 is 16.0 Å². The average molecular weight is 328 g/mol. The van der Waals surface area contributed by atoms with Crippen LogP contribution in [0.15, 0.2) is 18.2 Å². The molecule has 6 nitrogen and oxygen atoms in total. The first kappa shape index (κ1) is 18.4. The molecule has 7 heteroatoms. The van der Waals surface area contributed by atoms with Crippen molar-refractivity contribution in [2.45, 2.75) is 25.4 Å². The topological polar surface area (TPSA) is 84.7 Å². The van der Waals surface area contributed by atoms with Crippen molar-refractivity contribution in [3.63, 3.8) is 0 Å². The monoisotopic (exact) mass is 327 g/mol. The van der Waals surface area contributed by atoms with Crippen LogP contribution in [0.2, 0.25) is 0 Å². The Kier molecular flexibility index (Phi) is 6.34. The van der Waals surface area contributed by atoms with Crippen molar-refractivity contribution < 1.29 is 14.3 Å². The van der Waals surface area contributed by atoms with Crippen LogP contribution in [-0.2, 0) is 20.7 Å². The van der Waals surface area contributed by atoms with Crippen LogP contribution in [-0.4, -0.2) is 38.6 Å². The predicted octanol–water partition coefficient (Wildman–Crippen LogP) is 0.778. The number of ether oxygens (including phenoxy) is 1. The Morgan fingerprint density at radius 3 is 2.82 bits per heavy atom. The average Bonchev–Trinajstić information content (AvgIpc) is 2.73. The van der Waals surface area contributed by atoms with Gasteiger partial charge in [0, 0.05) is 19.8 Å². The summed E-state index contributed by atoms with van der Waals surface area (Å²) in [5.41, 5.74) is 8.56. The first-order chi connectivity index (χ1) is 9.93. The fourth-order valence-corrected chi connectivity index (χ4v) is 2.42. The molecule has 1 aromatic rings. The van der Waals surface area contributed by atoms with Gasteiger partial charge in [0.1, 0.15) is 6.04 Å². The van der Waals surface area contributed by atoms with E-state index in [9.17, 15) is 9.59 Å². The molecule has 1 aliphatic rings. The lowest BCUT2D eigenvalue weighted by Crippen LogP contribution is -2.44. The number of nitrogens with two attached hydrogens (primary N) is 1. The van der Waals surface area contributed by atoms with Crippen molar-refractivity contribution >= 4 is 29.9 Å². The van der Waals surface area contributed by atoms with E-state index in [1.165, 1.54) is 7.11 Å². The minimum atomic E-state index is -0.681. The van der Waals surface area contributed by atoms with Gasteiger partial charge < -0.3 is 20.7 Å². The third-order valence-electron chi connectivity index (χ3n) is 3.72. The molecule has 0 bridgehead atoms. The Balaban J connectivity index is 0.00000242. The molecule has 0 fully saturated rings. The van der Waals surface area contributed by atoms with Gasteiger partial charge in [-0.25, -0.2) is 0 Å². The zero-order chi connectivity index (χ0) is 15.6. The van der Waals surface area contributed by atoms with E-state index < -0.39 is 6.04 Å². The number of benzene rings is 1. The van der Waals surface area contributed by atoms with E-state index in [0.717, 1.165) is 16.8 Å². The van der Waals surface area contributed by atoms with Gasteiger partial charge in [0.25, 0.3) is 0 Å². The highest BCUT2D eigenvalue weighted by Gasteiger charge is 2.25. The Labute approximate surface area is 136 Å². The maximum absolute atomic E-state index is 11.9. The number of nitrogens with zero attached hydrogens (tertiary/aromatic N) is 1. The molecule has 2 atom stereocenters. The fourth-order valence-electron chi connectivity index (χ4n) is 2.42. The SMILES string of the molecule is COCC(N)C(=O)NC(C)c1ccc2c(c1)CC(=O)N2C.Cl. The Morgan fingerprint density at radius 2 is 2.18 bits per heavy atom. The van der Waals surface area contributed by atoms with Crippen LogP contribution in [0.25, 0.3) is 0 Å². The van der Waals surface area contributed by atoms with Gasteiger partial charge in [-0.15, -0.1) is 12.4 Å². The van der Waals surface area contributed by atoms with Crippen molar-refractivity contribution in [3.8, 4) is 0 Å². The Bertz CT molecular complexity index is 565. The minimum absolute atomic E-state index is 0. The number of carbonyl (C=O) groups is 2. The van der Waals surface area contributed by atoms with Crippen molar-refractivity contribution in [2.24, 2.45) is 5.73 Å². The molecule has 1 aromatic carbocycles. The number of carbonyl (C=O) groups excluding carboxylic acids is 2. The van der Waals surface area contributed by atoms with Gasteiger partial charge in [-0.3, -0.25) is 9.59 Å².